The van der Waals surface area contributed by atoms with Gasteiger partial charge in [-0.05, 0) is 24.3 Å². The largest absolute Gasteiger partial charge is 0.350 e. The summed E-state index contributed by atoms with van der Waals surface area (Å²) in [5.74, 6) is -0.425. The molecule has 0 bridgehead atoms. The Morgan fingerprint density at radius 2 is 1.19 bits per heavy atom. The van der Waals surface area contributed by atoms with E-state index in [4.69, 9.17) is 0 Å². The van der Waals surface area contributed by atoms with Gasteiger partial charge in [0.15, 0.2) is 5.43 Å². The highest BCUT2D eigenvalue weighted by atomic mass is 16.2. The van der Waals surface area contributed by atoms with E-state index < -0.39 is 0 Å². The zero-order valence-electron chi connectivity index (χ0n) is 15.4. The van der Waals surface area contributed by atoms with Gasteiger partial charge in [0.25, 0.3) is 11.8 Å². The molecule has 0 saturated carbocycles. The Kier molecular flexibility index (Phi) is 6.07. The average Bonchev–Trinajstić information content (AvgIpc) is 2.92. The number of carbonyl (C=O) groups excluding carboxylic acids is 2. The number of aromatic nitrogens is 1. The molecule has 0 aliphatic carbocycles. The molecule has 5 nitrogen and oxygen atoms in total. The number of imide groups is 1. The van der Waals surface area contributed by atoms with Crippen molar-refractivity contribution in [3.05, 3.63) is 82.1 Å². The van der Waals surface area contributed by atoms with Gasteiger partial charge < -0.3 is 4.57 Å². The Hall–Kier alpha value is -3.21. The van der Waals surface area contributed by atoms with E-state index in [0.29, 0.717) is 11.1 Å². The molecule has 0 fully saturated rings. The van der Waals surface area contributed by atoms with Crippen molar-refractivity contribution in [2.45, 2.75) is 13.8 Å². The van der Waals surface area contributed by atoms with E-state index in [9.17, 15) is 14.4 Å². The molecular weight excluding hydrogens is 328 g/mol. The highest BCUT2D eigenvalue weighted by Crippen LogP contribution is 2.20. The molecule has 26 heavy (non-hydrogen) atoms. The van der Waals surface area contributed by atoms with Crippen molar-refractivity contribution in [1.29, 1.82) is 0 Å². The van der Waals surface area contributed by atoms with Gasteiger partial charge in [0.05, 0.1) is 16.6 Å². The van der Waals surface area contributed by atoms with Crippen LogP contribution in [0.1, 0.15) is 34.6 Å². The van der Waals surface area contributed by atoms with Gasteiger partial charge in [-0.3, -0.25) is 19.3 Å². The molecule has 0 N–H and O–H groups in total. The summed E-state index contributed by atoms with van der Waals surface area (Å²) >= 11 is 0. The van der Waals surface area contributed by atoms with Crippen LogP contribution in [0.5, 0.6) is 0 Å². The lowest BCUT2D eigenvalue weighted by molar-refractivity contribution is 0.0693. The minimum atomic E-state index is -0.212. The molecule has 2 heterocycles. The Bertz CT molecular complexity index is 970. The SMILES string of the molecule is CC.CN1C(=O)c2ccccc2C1=O.Cn1ccc(=O)c2ccccc21. The Balaban J connectivity index is 0.000000171. The van der Waals surface area contributed by atoms with Gasteiger partial charge in [0.1, 0.15) is 0 Å². The molecule has 1 aliphatic heterocycles. The van der Waals surface area contributed by atoms with Gasteiger partial charge in [-0.25, -0.2) is 0 Å². The molecule has 5 heteroatoms. The number of rotatable bonds is 0. The lowest BCUT2D eigenvalue weighted by Crippen LogP contribution is -2.24. The van der Waals surface area contributed by atoms with E-state index >= 15 is 0 Å². The third-order valence-corrected chi connectivity index (χ3v) is 4.00. The second kappa shape index (κ2) is 8.25. The van der Waals surface area contributed by atoms with Crippen molar-refractivity contribution in [2.75, 3.05) is 7.05 Å². The first kappa shape index (κ1) is 19.1. The molecule has 0 atom stereocenters. The van der Waals surface area contributed by atoms with Crippen molar-refractivity contribution in [3.8, 4) is 0 Å². The number of amides is 2. The molecule has 2 aromatic carbocycles. The molecule has 0 unspecified atom stereocenters. The summed E-state index contributed by atoms with van der Waals surface area (Å²) in [7, 11) is 3.42. The average molecular weight is 350 g/mol. The standard InChI is InChI=1S/C10H9NO.C9H7NO2.C2H6/c1-11-7-6-10(12)8-4-2-3-5-9(8)11;1-10-8(11)6-4-2-3-5-7(6)9(10)12;1-2/h2-7H,1H3;2-5H,1H3;1-2H3. The van der Waals surface area contributed by atoms with Gasteiger partial charge in [0, 0.05) is 31.7 Å². The number of benzene rings is 2. The number of hydrogen-bond acceptors (Lipinski definition) is 3. The van der Waals surface area contributed by atoms with Crippen LogP contribution in [0.2, 0.25) is 0 Å². The first-order valence-corrected chi connectivity index (χ1v) is 8.46. The lowest BCUT2D eigenvalue weighted by atomic mass is 10.1. The number of hydrogen-bond donors (Lipinski definition) is 0. The molecule has 134 valence electrons. The fourth-order valence-corrected chi connectivity index (χ4v) is 2.65. The van der Waals surface area contributed by atoms with Crippen LogP contribution >= 0.6 is 0 Å². The van der Waals surface area contributed by atoms with Crippen LogP contribution in [0.15, 0.2) is 65.6 Å². The molecule has 0 spiro atoms. The highest BCUT2D eigenvalue weighted by molar-refractivity contribution is 6.21. The monoisotopic (exact) mass is 350 g/mol. The van der Waals surface area contributed by atoms with Crippen LogP contribution in [0.4, 0.5) is 0 Å². The van der Waals surface area contributed by atoms with Crippen LogP contribution < -0.4 is 5.43 Å². The van der Waals surface area contributed by atoms with E-state index in [1.165, 1.54) is 7.05 Å². The lowest BCUT2D eigenvalue weighted by Gasteiger charge is -2.02. The second-order valence-corrected chi connectivity index (χ2v) is 5.52. The molecule has 1 aromatic heterocycles. The van der Waals surface area contributed by atoms with Crippen molar-refractivity contribution in [3.63, 3.8) is 0 Å². The number of carbonyl (C=O) groups is 2. The molecule has 4 rings (SSSR count). The maximum absolute atomic E-state index is 11.3. The van der Waals surface area contributed by atoms with Crippen LogP contribution in [0.3, 0.4) is 0 Å². The predicted molar refractivity (Wildman–Crippen MR) is 103 cm³/mol. The normalized spacial score (nSPS) is 12.1. The maximum atomic E-state index is 11.3. The summed E-state index contributed by atoms with van der Waals surface area (Å²) in [6.45, 7) is 4.00. The minimum Gasteiger partial charge on any atom is -0.350 e. The molecule has 2 amide bonds. The Morgan fingerprint density at radius 1 is 0.692 bits per heavy atom. The Morgan fingerprint density at radius 3 is 1.73 bits per heavy atom. The minimum absolute atomic E-state index is 0.0868. The van der Waals surface area contributed by atoms with Gasteiger partial charge in [-0.1, -0.05) is 38.1 Å². The van der Waals surface area contributed by atoms with E-state index in [2.05, 4.69) is 0 Å². The fraction of sp³-hybridized carbons (Fsp3) is 0.190. The first-order chi connectivity index (χ1) is 12.5. The number of para-hydroxylation sites is 1. The van der Waals surface area contributed by atoms with Crippen molar-refractivity contribution < 1.29 is 9.59 Å². The third-order valence-electron chi connectivity index (χ3n) is 4.00. The van der Waals surface area contributed by atoms with Crippen molar-refractivity contribution in [2.24, 2.45) is 7.05 Å². The predicted octanol–water partition coefficient (Wildman–Crippen LogP) is 3.48. The third kappa shape index (κ3) is 3.57. The summed E-state index contributed by atoms with van der Waals surface area (Å²) in [6.07, 6.45) is 1.78. The van der Waals surface area contributed by atoms with Gasteiger partial charge in [0.2, 0.25) is 0 Å². The van der Waals surface area contributed by atoms with Crippen molar-refractivity contribution >= 4 is 22.7 Å². The summed E-state index contributed by atoms with van der Waals surface area (Å²) in [4.78, 5) is 35.1. The summed E-state index contributed by atoms with van der Waals surface area (Å²) < 4.78 is 1.94. The summed E-state index contributed by atoms with van der Waals surface area (Å²) in [5.41, 5.74) is 2.07. The smallest absolute Gasteiger partial charge is 0.261 e. The topological polar surface area (TPSA) is 59.4 Å². The van der Waals surface area contributed by atoms with Crippen LogP contribution in [-0.4, -0.2) is 28.3 Å². The van der Waals surface area contributed by atoms with Crippen molar-refractivity contribution in [1.82, 2.24) is 9.47 Å². The second-order valence-electron chi connectivity index (χ2n) is 5.52. The van der Waals surface area contributed by atoms with Crippen LogP contribution in [-0.2, 0) is 7.05 Å². The number of aryl methyl sites for hydroxylation is 1. The molecule has 0 saturated heterocycles. The Labute approximate surface area is 152 Å². The zero-order chi connectivity index (χ0) is 19.3. The number of fused-ring (bicyclic) bond motifs is 2. The molecular formula is C21H22N2O3. The summed E-state index contributed by atoms with van der Waals surface area (Å²) in [6, 6.07) is 16.0. The molecule has 1 aliphatic rings. The maximum Gasteiger partial charge on any atom is 0.261 e. The van der Waals surface area contributed by atoms with E-state index in [-0.39, 0.29) is 17.2 Å². The van der Waals surface area contributed by atoms with Gasteiger partial charge in [-0.15, -0.1) is 0 Å². The van der Waals surface area contributed by atoms with Gasteiger partial charge >= 0.3 is 0 Å². The number of pyridine rings is 1. The van der Waals surface area contributed by atoms with Crippen LogP contribution in [0.25, 0.3) is 10.9 Å². The zero-order valence-corrected chi connectivity index (χ0v) is 15.4. The number of nitrogens with zero attached hydrogens (tertiary/aromatic N) is 2. The van der Waals surface area contributed by atoms with E-state index in [1.54, 1.807) is 36.5 Å². The van der Waals surface area contributed by atoms with E-state index in [1.807, 2.05) is 49.7 Å². The van der Waals surface area contributed by atoms with E-state index in [0.717, 1.165) is 15.8 Å². The summed E-state index contributed by atoms with van der Waals surface area (Å²) in [5, 5.41) is 0.780. The molecule has 0 radical (unpaired) electrons. The van der Waals surface area contributed by atoms with Crippen LogP contribution in [0, 0.1) is 0 Å². The first-order valence-electron chi connectivity index (χ1n) is 8.46. The fourth-order valence-electron chi connectivity index (χ4n) is 2.65. The highest BCUT2D eigenvalue weighted by Gasteiger charge is 2.31. The van der Waals surface area contributed by atoms with Gasteiger partial charge in [-0.2, -0.15) is 0 Å². The molecule has 3 aromatic rings. The quantitative estimate of drug-likeness (QED) is 0.583.